The van der Waals surface area contributed by atoms with Crippen LogP contribution in [0.5, 0.6) is 0 Å². The topological polar surface area (TPSA) is 47.9 Å². The molecule has 0 saturated heterocycles. The van der Waals surface area contributed by atoms with E-state index >= 15 is 0 Å². The molecule has 6 heteroatoms. The second-order valence-electron chi connectivity index (χ2n) is 1.83. The Morgan fingerprint density at radius 2 is 2.50 bits per heavy atom. The predicted octanol–water partition coefficient (Wildman–Crippen LogP) is 2.17. The van der Waals surface area contributed by atoms with Crippen LogP contribution in [-0.4, -0.2) is 5.11 Å². The molecule has 0 saturated carbocycles. The summed E-state index contributed by atoms with van der Waals surface area (Å²) in [5, 5.41) is 15.4. The number of rotatable bonds is 1. The van der Waals surface area contributed by atoms with Gasteiger partial charge in [0, 0.05) is 5.38 Å². The number of halogens is 1. The van der Waals surface area contributed by atoms with E-state index in [9.17, 15) is 0 Å². The summed E-state index contributed by atoms with van der Waals surface area (Å²) in [7, 11) is 0. The summed E-state index contributed by atoms with van der Waals surface area (Å²) < 4.78 is 0.678. The Bertz CT molecular complexity index is 328. The van der Waals surface area contributed by atoms with E-state index in [1.807, 2.05) is 5.38 Å². The highest BCUT2D eigenvalue weighted by Gasteiger charge is 1.98. The molecule has 0 fully saturated rings. The van der Waals surface area contributed by atoms with E-state index in [0.29, 0.717) is 4.34 Å². The molecule has 1 rings (SSSR count). The van der Waals surface area contributed by atoms with Gasteiger partial charge in [-0.1, -0.05) is 11.6 Å². The summed E-state index contributed by atoms with van der Waals surface area (Å²) in [6.07, 6.45) is 1.71. The van der Waals surface area contributed by atoms with E-state index in [-0.39, 0.29) is 5.11 Å². The average molecular weight is 218 g/mol. The maximum atomic E-state index is 8.21. The molecule has 0 aliphatic heterocycles. The van der Waals surface area contributed by atoms with Crippen molar-refractivity contribution < 1.29 is 0 Å². The van der Waals surface area contributed by atoms with Crippen molar-refractivity contribution in [2.75, 3.05) is 5.32 Å². The lowest BCUT2D eigenvalue weighted by atomic mass is 10.5. The first kappa shape index (κ1) is 9.26. The molecular formula is C6H4ClN3S2. The molecule has 0 aromatic carbocycles. The molecule has 1 aromatic rings. The number of thiocarbonyl (C=S) groups is 1. The maximum Gasteiger partial charge on any atom is 0.184 e. The zero-order valence-corrected chi connectivity index (χ0v) is 8.19. The van der Waals surface area contributed by atoms with Crippen molar-refractivity contribution in [3.63, 3.8) is 0 Å². The smallest absolute Gasteiger partial charge is 0.184 e. The second kappa shape index (κ2) is 4.26. The molecule has 0 unspecified atom stereocenters. The third-order valence-corrected chi connectivity index (χ3v) is 2.29. The fourth-order valence-corrected chi connectivity index (χ4v) is 1.56. The van der Waals surface area contributed by atoms with Crippen LogP contribution in [0.1, 0.15) is 0 Å². The lowest BCUT2D eigenvalue weighted by Crippen LogP contribution is -2.23. The predicted molar refractivity (Wildman–Crippen MR) is 54.3 cm³/mol. The molecule has 12 heavy (non-hydrogen) atoms. The molecule has 0 bridgehead atoms. The Labute approximate surface area is 84.0 Å². The summed E-state index contributed by atoms with van der Waals surface area (Å²) in [4.78, 5) is 0. The van der Waals surface area contributed by atoms with E-state index in [1.54, 1.807) is 12.3 Å². The van der Waals surface area contributed by atoms with Crippen molar-refractivity contribution >= 4 is 46.0 Å². The number of thiophene rings is 1. The van der Waals surface area contributed by atoms with E-state index in [1.165, 1.54) is 11.3 Å². The van der Waals surface area contributed by atoms with Crippen molar-refractivity contribution in [3.05, 3.63) is 15.8 Å². The fourth-order valence-electron chi connectivity index (χ4n) is 0.589. The Balaban J connectivity index is 2.53. The third-order valence-electron chi connectivity index (χ3n) is 0.995. The van der Waals surface area contributed by atoms with Crippen LogP contribution in [0.3, 0.4) is 0 Å². The minimum atomic E-state index is 0.270. The first-order valence-corrected chi connectivity index (χ1v) is 4.59. The number of hydrogen-bond acceptors (Lipinski definition) is 3. The molecule has 1 aromatic heterocycles. The fraction of sp³-hybridized carbons (Fsp3) is 0. The van der Waals surface area contributed by atoms with Gasteiger partial charge >= 0.3 is 0 Å². The number of nitrogens with one attached hydrogen (secondary N) is 2. The van der Waals surface area contributed by atoms with E-state index in [2.05, 4.69) is 10.6 Å². The van der Waals surface area contributed by atoms with Gasteiger partial charge in [-0.25, -0.2) is 0 Å². The monoisotopic (exact) mass is 217 g/mol. The van der Waals surface area contributed by atoms with E-state index in [0.717, 1.165) is 5.69 Å². The lowest BCUT2D eigenvalue weighted by Gasteiger charge is -2.00. The third kappa shape index (κ3) is 2.66. The standard InChI is InChI=1S/C6H4ClN3S2/c7-5-1-4(2-12-5)10-6(11)9-3-8/h1-2H,(H2,9,10,11). The minimum Gasteiger partial charge on any atom is -0.331 e. The van der Waals surface area contributed by atoms with Crippen LogP contribution in [0, 0.1) is 11.5 Å². The summed E-state index contributed by atoms with van der Waals surface area (Å²) in [6.45, 7) is 0. The van der Waals surface area contributed by atoms with Crippen molar-refractivity contribution in [2.45, 2.75) is 0 Å². The van der Waals surface area contributed by atoms with Crippen LogP contribution in [0.15, 0.2) is 11.4 Å². The van der Waals surface area contributed by atoms with Crippen LogP contribution in [0.4, 0.5) is 5.69 Å². The van der Waals surface area contributed by atoms with Gasteiger partial charge in [-0.15, -0.1) is 11.3 Å². The summed E-state index contributed by atoms with van der Waals surface area (Å²) >= 11 is 11.8. The van der Waals surface area contributed by atoms with Crippen molar-refractivity contribution in [2.24, 2.45) is 0 Å². The number of anilines is 1. The highest BCUT2D eigenvalue weighted by Crippen LogP contribution is 2.23. The Morgan fingerprint density at radius 1 is 1.75 bits per heavy atom. The molecule has 0 aliphatic rings. The Hall–Kier alpha value is -0.830. The Kier molecular flexibility index (Phi) is 3.29. The van der Waals surface area contributed by atoms with Gasteiger partial charge in [0.15, 0.2) is 11.3 Å². The largest absolute Gasteiger partial charge is 0.331 e. The molecule has 1 heterocycles. The van der Waals surface area contributed by atoms with Gasteiger partial charge in [0.2, 0.25) is 0 Å². The van der Waals surface area contributed by atoms with Crippen molar-refractivity contribution in [3.8, 4) is 6.19 Å². The summed E-state index contributed by atoms with van der Waals surface area (Å²) in [5.41, 5.74) is 0.790. The van der Waals surface area contributed by atoms with Crippen molar-refractivity contribution in [1.82, 2.24) is 5.32 Å². The molecule has 62 valence electrons. The normalized spacial score (nSPS) is 8.67. The van der Waals surface area contributed by atoms with Gasteiger partial charge in [0.25, 0.3) is 0 Å². The summed E-state index contributed by atoms with van der Waals surface area (Å²) in [6, 6.07) is 1.73. The van der Waals surface area contributed by atoms with E-state index in [4.69, 9.17) is 29.1 Å². The zero-order valence-electron chi connectivity index (χ0n) is 5.80. The lowest BCUT2D eigenvalue weighted by molar-refractivity contribution is 1.28. The first-order valence-electron chi connectivity index (χ1n) is 2.92. The number of hydrogen-bond donors (Lipinski definition) is 2. The molecule has 2 N–H and O–H groups in total. The summed E-state index contributed by atoms with van der Waals surface area (Å²) in [5.74, 6) is 0. The highest BCUT2D eigenvalue weighted by atomic mass is 35.5. The minimum absolute atomic E-state index is 0.270. The first-order chi connectivity index (χ1) is 5.72. The maximum absolute atomic E-state index is 8.21. The van der Waals surface area contributed by atoms with Crippen LogP contribution in [0.25, 0.3) is 0 Å². The van der Waals surface area contributed by atoms with Gasteiger partial charge in [0.05, 0.1) is 10.0 Å². The molecule has 0 atom stereocenters. The number of nitriles is 1. The van der Waals surface area contributed by atoms with Gasteiger partial charge in [0.1, 0.15) is 0 Å². The quantitative estimate of drug-likeness (QED) is 0.430. The molecule has 0 amide bonds. The molecular weight excluding hydrogens is 214 g/mol. The molecule has 3 nitrogen and oxygen atoms in total. The van der Waals surface area contributed by atoms with Gasteiger partial charge < -0.3 is 5.32 Å². The zero-order chi connectivity index (χ0) is 8.97. The Morgan fingerprint density at radius 3 is 3.00 bits per heavy atom. The van der Waals surface area contributed by atoms with Gasteiger partial charge in [-0.2, -0.15) is 5.26 Å². The van der Waals surface area contributed by atoms with Crippen LogP contribution in [-0.2, 0) is 0 Å². The van der Waals surface area contributed by atoms with Crippen molar-refractivity contribution in [1.29, 1.82) is 5.26 Å². The SMILES string of the molecule is N#CNC(=S)Nc1csc(Cl)c1. The second-order valence-corrected chi connectivity index (χ2v) is 3.78. The van der Waals surface area contributed by atoms with Gasteiger partial charge in [-0.05, 0) is 18.3 Å². The van der Waals surface area contributed by atoms with Crippen LogP contribution in [0.2, 0.25) is 4.34 Å². The van der Waals surface area contributed by atoms with Crippen LogP contribution < -0.4 is 10.6 Å². The highest BCUT2D eigenvalue weighted by molar-refractivity contribution is 7.80. The number of nitrogens with zero attached hydrogens (tertiary/aromatic N) is 1. The molecule has 0 radical (unpaired) electrons. The molecule has 0 spiro atoms. The van der Waals surface area contributed by atoms with Gasteiger partial charge in [-0.3, -0.25) is 5.32 Å². The molecule has 0 aliphatic carbocycles. The van der Waals surface area contributed by atoms with E-state index < -0.39 is 0 Å². The average Bonchev–Trinajstić information content (AvgIpc) is 2.36. The van der Waals surface area contributed by atoms with Crippen LogP contribution >= 0.6 is 35.2 Å².